The number of allylic oxidation sites excluding steroid dienone is 1. The Morgan fingerprint density at radius 2 is 2.19 bits per heavy atom. The molecular formula is C21H26FN5. The molecule has 142 valence electrons. The zero-order valence-corrected chi connectivity index (χ0v) is 15.9. The first kappa shape index (κ1) is 19.0. The van der Waals surface area contributed by atoms with Crippen molar-refractivity contribution in [1.29, 1.82) is 0 Å². The first-order valence-corrected chi connectivity index (χ1v) is 9.14. The maximum absolute atomic E-state index is 13.5. The van der Waals surface area contributed by atoms with Crippen LogP contribution in [0.1, 0.15) is 36.6 Å². The average Bonchev–Trinajstić information content (AvgIpc) is 2.64. The number of pyridine rings is 2. The maximum atomic E-state index is 13.5. The number of halogens is 1. The van der Waals surface area contributed by atoms with Crippen molar-refractivity contribution in [1.82, 2.24) is 9.97 Å². The number of aryl methyl sites for hydroxylation is 2. The van der Waals surface area contributed by atoms with Crippen LogP contribution in [0.25, 0.3) is 5.57 Å². The fraction of sp³-hybridized carbons (Fsp3) is 0.333. The highest BCUT2D eigenvalue weighted by atomic mass is 19.1. The van der Waals surface area contributed by atoms with Gasteiger partial charge >= 0.3 is 0 Å². The minimum Gasteiger partial charge on any atom is -0.330 e. The Kier molecular flexibility index (Phi) is 5.56. The van der Waals surface area contributed by atoms with Gasteiger partial charge in [-0.2, -0.15) is 0 Å². The fourth-order valence-corrected chi connectivity index (χ4v) is 3.37. The summed E-state index contributed by atoms with van der Waals surface area (Å²) in [5.41, 5.74) is 9.31. The fourth-order valence-electron chi connectivity index (χ4n) is 3.37. The van der Waals surface area contributed by atoms with Crippen LogP contribution in [0.5, 0.6) is 0 Å². The molecule has 5 nitrogen and oxygen atoms in total. The molecule has 6 heteroatoms. The Hall–Kier alpha value is -2.73. The Balaban J connectivity index is 1.96. The minimum absolute atomic E-state index is 0.192. The van der Waals surface area contributed by atoms with Crippen molar-refractivity contribution in [3.63, 3.8) is 0 Å². The SMILES string of the molecule is C=C(C)c1ccc2c(n1)N(C(=C)Nc1cc(C)c(F)cn1)C(CCN)CC2. The Morgan fingerprint density at radius 3 is 2.85 bits per heavy atom. The predicted octanol–water partition coefficient (Wildman–Crippen LogP) is 4.01. The van der Waals surface area contributed by atoms with Gasteiger partial charge in [0.1, 0.15) is 23.3 Å². The van der Waals surface area contributed by atoms with E-state index < -0.39 is 0 Å². The topological polar surface area (TPSA) is 67.1 Å². The van der Waals surface area contributed by atoms with Gasteiger partial charge in [0.25, 0.3) is 0 Å². The van der Waals surface area contributed by atoms with Crippen molar-refractivity contribution in [2.24, 2.45) is 5.73 Å². The number of fused-ring (bicyclic) bond motifs is 1. The lowest BCUT2D eigenvalue weighted by atomic mass is 9.95. The summed E-state index contributed by atoms with van der Waals surface area (Å²) in [6.07, 6.45) is 3.95. The van der Waals surface area contributed by atoms with Gasteiger partial charge in [-0.15, -0.1) is 0 Å². The Morgan fingerprint density at radius 1 is 1.41 bits per heavy atom. The Bertz CT molecular complexity index is 877. The number of nitrogens with one attached hydrogen (secondary N) is 1. The van der Waals surface area contributed by atoms with Crippen molar-refractivity contribution in [2.45, 2.75) is 39.2 Å². The molecule has 1 atom stereocenters. The highest BCUT2D eigenvalue weighted by Crippen LogP contribution is 2.34. The van der Waals surface area contributed by atoms with Crippen molar-refractivity contribution in [3.8, 4) is 0 Å². The molecule has 3 heterocycles. The third-order valence-electron chi connectivity index (χ3n) is 4.84. The average molecular weight is 367 g/mol. The summed E-state index contributed by atoms with van der Waals surface area (Å²) < 4.78 is 13.5. The summed E-state index contributed by atoms with van der Waals surface area (Å²) in [5, 5.41) is 3.21. The van der Waals surface area contributed by atoms with E-state index in [0.717, 1.165) is 36.3 Å². The van der Waals surface area contributed by atoms with Gasteiger partial charge in [-0.25, -0.2) is 14.4 Å². The van der Waals surface area contributed by atoms with Crippen molar-refractivity contribution >= 4 is 17.2 Å². The number of hydrogen-bond acceptors (Lipinski definition) is 5. The highest BCUT2D eigenvalue weighted by Gasteiger charge is 2.29. The summed E-state index contributed by atoms with van der Waals surface area (Å²) >= 11 is 0. The zero-order valence-electron chi connectivity index (χ0n) is 15.9. The monoisotopic (exact) mass is 367 g/mol. The number of rotatable bonds is 6. The maximum Gasteiger partial charge on any atom is 0.144 e. The summed E-state index contributed by atoms with van der Waals surface area (Å²) in [5.74, 6) is 1.74. The number of anilines is 2. The summed E-state index contributed by atoms with van der Waals surface area (Å²) in [6.45, 7) is 12.4. The van der Waals surface area contributed by atoms with Gasteiger partial charge in [-0.05, 0) is 68.5 Å². The highest BCUT2D eigenvalue weighted by molar-refractivity contribution is 5.65. The quantitative estimate of drug-likeness (QED) is 0.807. The summed E-state index contributed by atoms with van der Waals surface area (Å²) in [7, 11) is 0. The van der Waals surface area contributed by atoms with Gasteiger partial charge in [-0.1, -0.05) is 19.2 Å². The zero-order chi connectivity index (χ0) is 19.6. The molecule has 0 bridgehead atoms. The molecule has 27 heavy (non-hydrogen) atoms. The summed E-state index contributed by atoms with van der Waals surface area (Å²) in [4.78, 5) is 11.0. The third-order valence-corrected chi connectivity index (χ3v) is 4.84. The molecule has 1 unspecified atom stereocenters. The lowest BCUT2D eigenvalue weighted by Gasteiger charge is -2.39. The van der Waals surface area contributed by atoms with E-state index in [4.69, 9.17) is 10.7 Å². The largest absolute Gasteiger partial charge is 0.330 e. The van der Waals surface area contributed by atoms with Crippen LogP contribution in [0.3, 0.4) is 0 Å². The molecule has 3 N–H and O–H groups in total. The van der Waals surface area contributed by atoms with Crippen molar-refractivity contribution in [2.75, 3.05) is 16.8 Å². The number of nitrogens with zero attached hydrogens (tertiary/aromatic N) is 3. The third kappa shape index (κ3) is 4.01. The van der Waals surface area contributed by atoms with Gasteiger partial charge < -0.3 is 16.0 Å². The van der Waals surface area contributed by atoms with Crippen LogP contribution in [0.4, 0.5) is 16.0 Å². The lowest BCUT2D eigenvalue weighted by Crippen LogP contribution is -2.42. The van der Waals surface area contributed by atoms with Crippen LogP contribution in [-0.4, -0.2) is 22.6 Å². The van der Waals surface area contributed by atoms with Crippen LogP contribution >= 0.6 is 0 Å². The van der Waals surface area contributed by atoms with Crippen LogP contribution in [-0.2, 0) is 6.42 Å². The van der Waals surface area contributed by atoms with Gasteiger partial charge in [-0.3, -0.25) is 0 Å². The molecule has 0 aromatic carbocycles. The van der Waals surface area contributed by atoms with Crippen LogP contribution < -0.4 is 16.0 Å². The molecule has 0 saturated heterocycles. The first-order chi connectivity index (χ1) is 12.9. The Labute approximate surface area is 159 Å². The summed E-state index contributed by atoms with van der Waals surface area (Å²) in [6, 6.07) is 5.97. The second kappa shape index (κ2) is 7.88. The van der Waals surface area contributed by atoms with Gasteiger partial charge in [0, 0.05) is 6.04 Å². The van der Waals surface area contributed by atoms with E-state index >= 15 is 0 Å². The molecular weight excluding hydrogens is 341 g/mol. The number of nitrogens with two attached hydrogens (primary N) is 1. The predicted molar refractivity (Wildman–Crippen MR) is 109 cm³/mol. The molecule has 1 aliphatic heterocycles. The first-order valence-electron chi connectivity index (χ1n) is 9.14. The van der Waals surface area contributed by atoms with Crippen molar-refractivity contribution < 1.29 is 4.39 Å². The standard InChI is InChI=1S/C21H26FN5/c1-13(2)19-8-6-16-5-7-17(9-10-23)27(21(16)26-19)15(4)25-20-11-14(3)18(22)12-24-20/h6,8,11-12,17H,1,4-5,7,9-10,23H2,2-3H3,(H,24,25). The van der Waals surface area contributed by atoms with E-state index in [9.17, 15) is 4.39 Å². The van der Waals surface area contributed by atoms with Crippen LogP contribution in [0.2, 0.25) is 0 Å². The number of aromatic nitrogens is 2. The molecule has 1 aliphatic rings. The normalized spacial score (nSPS) is 16.0. The molecule has 0 fully saturated rings. The molecule has 0 amide bonds. The van der Waals surface area contributed by atoms with E-state index in [-0.39, 0.29) is 11.9 Å². The molecule has 0 saturated carbocycles. The van der Waals surface area contributed by atoms with Gasteiger partial charge in [0.2, 0.25) is 0 Å². The molecule has 3 rings (SSSR count). The van der Waals surface area contributed by atoms with E-state index in [0.29, 0.717) is 23.7 Å². The second-order valence-electron chi connectivity index (χ2n) is 6.99. The molecule has 0 radical (unpaired) electrons. The van der Waals surface area contributed by atoms with Crippen molar-refractivity contribution in [3.05, 3.63) is 66.0 Å². The van der Waals surface area contributed by atoms with Crippen LogP contribution in [0.15, 0.2) is 43.4 Å². The number of hydrogen-bond donors (Lipinski definition) is 2. The van der Waals surface area contributed by atoms with Gasteiger partial charge in [0.05, 0.1) is 11.9 Å². The molecule has 0 spiro atoms. The lowest BCUT2D eigenvalue weighted by molar-refractivity contribution is 0.524. The minimum atomic E-state index is -0.330. The molecule has 0 aliphatic carbocycles. The van der Waals surface area contributed by atoms with E-state index in [1.807, 2.05) is 13.0 Å². The molecule has 2 aromatic rings. The van der Waals surface area contributed by atoms with E-state index in [1.165, 1.54) is 11.8 Å². The smallest absolute Gasteiger partial charge is 0.144 e. The van der Waals surface area contributed by atoms with E-state index in [2.05, 4.69) is 34.4 Å². The van der Waals surface area contributed by atoms with Gasteiger partial charge in [0.15, 0.2) is 0 Å². The van der Waals surface area contributed by atoms with E-state index in [1.54, 1.807) is 13.0 Å². The van der Waals surface area contributed by atoms with Crippen LogP contribution in [0, 0.1) is 12.7 Å². The molecule has 2 aromatic heterocycles. The second-order valence-corrected chi connectivity index (χ2v) is 6.99.